The van der Waals surface area contributed by atoms with Crippen LogP contribution in [-0.2, 0) is 14.8 Å². The first kappa shape index (κ1) is 26.1. The number of nitrogens with zero attached hydrogens (tertiary/aromatic N) is 2. The van der Waals surface area contributed by atoms with Gasteiger partial charge in [-0.1, -0.05) is 11.2 Å². The number of amides is 1. The van der Waals surface area contributed by atoms with Gasteiger partial charge >= 0.3 is 0 Å². The van der Waals surface area contributed by atoms with E-state index in [9.17, 15) is 22.0 Å². The van der Waals surface area contributed by atoms with E-state index in [4.69, 9.17) is 4.52 Å². The van der Waals surface area contributed by atoms with E-state index in [2.05, 4.69) is 10.5 Å². The van der Waals surface area contributed by atoms with E-state index >= 15 is 0 Å². The van der Waals surface area contributed by atoms with Crippen molar-refractivity contribution in [3.05, 3.63) is 71.1 Å². The van der Waals surface area contributed by atoms with Gasteiger partial charge in [-0.05, 0) is 68.5 Å². The molecule has 0 saturated carbocycles. The molecular formula is C25H25F2N3O4S2. The number of sulfonamides is 1. The van der Waals surface area contributed by atoms with Crippen LogP contribution >= 0.6 is 11.8 Å². The summed E-state index contributed by atoms with van der Waals surface area (Å²) in [7, 11) is -3.98. The van der Waals surface area contributed by atoms with Crippen molar-refractivity contribution in [3.63, 3.8) is 0 Å². The Morgan fingerprint density at radius 3 is 2.61 bits per heavy atom. The van der Waals surface area contributed by atoms with Gasteiger partial charge < -0.3 is 9.84 Å². The van der Waals surface area contributed by atoms with Crippen molar-refractivity contribution >= 4 is 45.5 Å². The van der Waals surface area contributed by atoms with Crippen LogP contribution in [0.5, 0.6) is 0 Å². The van der Waals surface area contributed by atoms with Gasteiger partial charge in [-0.2, -0.15) is 4.31 Å². The van der Waals surface area contributed by atoms with Crippen LogP contribution < -0.4 is 5.32 Å². The quantitative estimate of drug-likeness (QED) is 0.420. The van der Waals surface area contributed by atoms with Crippen molar-refractivity contribution in [1.82, 2.24) is 9.46 Å². The summed E-state index contributed by atoms with van der Waals surface area (Å²) in [5.74, 6) is -2.01. The Hall–Kier alpha value is -3.02. The Morgan fingerprint density at radius 1 is 1.17 bits per heavy atom. The van der Waals surface area contributed by atoms with Gasteiger partial charge in [-0.15, -0.1) is 11.8 Å². The minimum atomic E-state index is -3.98. The number of aryl methyl sites for hydroxylation is 1. The molecule has 1 aliphatic rings. The predicted molar refractivity (Wildman–Crippen MR) is 135 cm³/mol. The van der Waals surface area contributed by atoms with E-state index < -0.39 is 21.7 Å². The normalized spacial score (nSPS) is 15.4. The molecule has 0 radical (unpaired) electrons. The predicted octanol–water partition coefficient (Wildman–Crippen LogP) is 5.19. The van der Waals surface area contributed by atoms with Crippen LogP contribution in [-0.4, -0.2) is 43.1 Å². The fourth-order valence-corrected chi connectivity index (χ4v) is 6.21. The maximum absolute atomic E-state index is 14.0. The van der Waals surface area contributed by atoms with Crippen LogP contribution in [0.1, 0.15) is 29.9 Å². The number of aromatic nitrogens is 1. The topological polar surface area (TPSA) is 92.5 Å². The molecule has 1 aromatic heterocycles. The second-order valence-corrected chi connectivity index (χ2v) is 11.1. The lowest BCUT2D eigenvalue weighted by Gasteiger charge is -2.30. The van der Waals surface area contributed by atoms with Crippen molar-refractivity contribution in [2.45, 2.75) is 29.6 Å². The van der Waals surface area contributed by atoms with Gasteiger partial charge in [0.25, 0.3) is 0 Å². The van der Waals surface area contributed by atoms with Crippen LogP contribution in [0.2, 0.25) is 0 Å². The molecule has 1 saturated heterocycles. The zero-order valence-electron chi connectivity index (χ0n) is 19.7. The smallest absolute Gasteiger partial charge is 0.248 e. The molecule has 4 rings (SSSR count). The number of piperidine rings is 1. The van der Waals surface area contributed by atoms with Gasteiger partial charge in [0, 0.05) is 41.2 Å². The fourth-order valence-electron chi connectivity index (χ4n) is 4.03. The van der Waals surface area contributed by atoms with E-state index in [0.717, 1.165) is 17.0 Å². The van der Waals surface area contributed by atoms with E-state index in [1.807, 2.05) is 30.5 Å². The monoisotopic (exact) mass is 533 g/mol. The SMILES string of the molecule is CSc1cccc(NC(=O)C2CCN(S(=O)(=O)c3c(C)noc3/C=C/c3ccc(F)cc3F)CC2)c1. The Kier molecular flexibility index (Phi) is 7.91. The molecule has 7 nitrogen and oxygen atoms in total. The second-order valence-electron chi connectivity index (χ2n) is 8.36. The summed E-state index contributed by atoms with van der Waals surface area (Å²) in [5.41, 5.74) is 0.947. The minimum absolute atomic E-state index is 0.0511. The van der Waals surface area contributed by atoms with Crippen LogP contribution in [0, 0.1) is 24.5 Å². The standard InChI is InChI=1S/C25H25F2N3O4S2/c1-16-24(23(34-29-16)9-7-17-6-8-19(26)14-22(17)27)36(32,33)30-12-10-18(11-13-30)25(31)28-20-4-3-5-21(15-20)35-2/h3-9,14-15,18H,10-13H2,1-2H3,(H,28,31)/b9-7+. The molecule has 1 N–H and O–H groups in total. The Morgan fingerprint density at radius 2 is 1.92 bits per heavy atom. The van der Waals surface area contributed by atoms with Crippen LogP contribution in [0.4, 0.5) is 14.5 Å². The molecular weight excluding hydrogens is 508 g/mol. The highest BCUT2D eigenvalue weighted by atomic mass is 32.2. The largest absolute Gasteiger partial charge is 0.355 e. The number of anilines is 1. The first-order valence-corrected chi connectivity index (χ1v) is 13.9. The number of thioether (sulfide) groups is 1. The first-order valence-electron chi connectivity index (χ1n) is 11.2. The van der Waals surface area contributed by atoms with Gasteiger partial charge in [0.05, 0.1) is 0 Å². The molecule has 0 bridgehead atoms. The summed E-state index contributed by atoms with van der Waals surface area (Å²) in [6.45, 7) is 1.83. The highest BCUT2D eigenvalue weighted by Crippen LogP contribution is 2.30. The van der Waals surface area contributed by atoms with Crippen LogP contribution in [0.15, 0.2) is 56.8 Å². The molecule has 3 aromatic rings. The third kappa shape index (κ3) is 5.69. The van der Waals surface area contributed by atoms with Crippen LogP contribution in [0.3, 0.4) is 0 Å². The lowest BCUT2D eigenvalue weighted by molar-refractivity contribution is -0.120. The second kappa shape index (κ2) is 10.9. The number of rotatable bonds is 7. The molecule has 0 atom stereocenters. The van der Waals surface area contributed by atoms with E-state index in [0.29, 0.717) is 18.5 Å². The lowest BCUT2D eigenvalue weighted by Crippen LogP contribution is -2.41. The molecule has 0 spiro atoms. The number of hydrogen-bond donors (Lipinski definition) is 1. The molecule has 1 aliphatic heterocycles. The van der Waals surface area contributed by atoms with Gasteiger partial charge in [0.1, 0.15) is 17.3 Å². The number of carbonyl (C=O) groups is 1. The average Bonchev–Trinajstić information content (AvgIpc) is 3.24. The minimum Gasteiger partial charge on any atom is -0.355 e. The van der Waals surface area contributed by atoms with Crippen LogP contribution in [0.25, 0.3) is 12.2 Å². The third-order valence-electron chi connectivity index (χ3n) is 5.97. The number of carbonyl (C=O) groups excluding carboxylic acids is 1. The van der Waals surface area contributed by atoms with Crippen molar-refractivity contribution in [3.8, 4) is 0 Å². The van der Waals surface area contributed by atoms with Crippen molar-refractivity contribution in [1.29, 1.82) is 0 Å². The summed E-state index contributed by atoms with van der Waals surface area (Å²) in [5, 5.41) is 6.70. The zero-order chi connectivity index (χ0) is 25.9. The van der Waals surface area contributed by atoms with Crippen molar-refractivity contribution in [2.24, 2.45) is 5.92 Å². The molecule has 1 amide bonds. The van der Waals surface area contributed by atoms with Crippen molar-refractivity contribution < 1.29 is 26.5 Å². The van der Waals surface area contributed by atoms with E-state index in [1.54, 1.807) is 11.8 Å². The molecule has 1 fully saturated rings. The lowest BCUT2D eigenvalue weighted by atomic mass is 9.97. The van der Waals surface area contributed by atoms with E-state index in [1.165, 1.54) is 29.4 Å². The maximum atomic E-state index is 14.0. The summed E-state index contributed by atoms with van der Waals surface area (Å²) in [6, 6.07) is 10.6. The zero-order valence-corrected chi connectivity index (χ0v) is 21.3. The average molecular weight is 534 g/mol. The van der Waals surface area contributed by atoms with Crippen molar-refractivity contribution in [2.75, 3.05) is 24.7 Å². The molecule has 36 heavy (non-hydrogen) atoms. The highest BCUT2D eigenvalue weighted by Gasteiger charge is 2.36. The van der Waals surface area contributed by atoms with Gasteiger partial charge in [0.15, 0.2) is 10.7 Å². The number of hydrogen-bond acceptors (Lipinski definition) is 6. The molecule has 190 valence electrons. The first-order chi connectivity index (χ1) is 17.2. The number of benzene rings is 2. The van der Waals surface area contributed by atoms with E-state index in [-0.39, 0.29) is 46.8 Å². The Labute approximate surface area is 212 Å². The molecule has 2 aromatic carbocycles. The Balaban J connectivity index is 1.45. The fraction of sp³-hybridized carbons (Fsp3) is 0.280. The number of nitrogens with one attached hydrogen (secondary N) is 1. The third-order valence-corrected chi connectivity index (χ3v) is 8.75. The summed E-state index contributed by atoms with van der Waals surface area (Å²) in [4.78, 5) is 13.7. The maximum Gasteiger partial charge on any atom is 0.248 e. The molecule has 0 aliphatic carbocycles. The molecule has 2 heterocycles. The number of halogens is 2. The Bertz CT molecular complexity index is 1400. The summed E-state index contributed by atoms with van der Waals surface area (Å²) in [6.07, 6.45) is 5.28. The molecule has 0 unspecified atom stereocenters. The van der Waals surface area contributed by atoms with Gasteiger partial charge in [0.2, 0.25) is 15.9 Å². The molecule has 11 heteroatoms. The highest BCUT2D eigenvalue weighted by molar-refractivity contribution is 7.98. The summed E-state index contributed by atoms with van der Waals surface area (Å²) < 4.78 is 60.5. The summed E-state index contributed by atoms with van der Waals surface area (Å²) >= 11 is 1.58. The van der Waals surface area contributed by atoms with Gasteiger partial charge in [-0.25, -0.2) is 17.2 Å². The van der Waals surface area contributed by atoms with Gasteiger partial charge in [-0.3, -0.25) is 4.79 Å².